The molecule has 0 fully saturated rings. The number of anilines is 1. The van der Waals surface area contributed by atoms with Gasteiger partial charge in [-0.1, -0.05) is 0 Å². The van der Waals surface area contributed by atoms with E-state index < -0.39 is 23.2 Å². The van der Waals surface area contributed by atoms with Crippen molar-refractivity contribution in [3.8, 4) is 6.07 Å². The predicted molar refractivity (Wildman–Crippen MR) is 75.7 cm³/mol. The lowest BCUT2D eigenvalue weighted by atomic mass is 10.1. The fourth-order valence-corrected chi connectivity index (χ4v) is 2.64. The summed E-state index contributed by atoms with van der Waals surface area (Å²) in [5.41, 5.74) is -1.60. The van der Waals surface area contributed by atoms with E-state index >= 15 is 0 Å². The van der Waals surface area contributed by atoms with E-state index in [1.807, 2.05) is 0 Å². The number of nitrogens with one attached hydrogen (secondary N) is 1. The smallest absolute Gasteiger partial charge is 0.321 e. The molecule has 0 atom stereocenters. The Labute approximate surface area is 127 Å². The summed E-state index contributed by atoms with van der Waals surface area (Å²) in [5.74, 6) is -0.530. The number of hydrogen-bond acceptors (Lipinski definition) is 4. The van der Waals surface area contributed by atoms with Gasteiger partial charge in [0, 0.05) is 16.0 Å². The van der Waals surface area contributed by atoms with Gasteiger partial charge < -0.3 is 5.32 Å². The molecule has 0 radical (unpaired) electrons. The van der Waals surface area contributed by atoms with Crippen LogP contribution in [0.25, 0.3) is 0 Å². The first kappa shape index (κ1) is 15.4. The van der Waals surface area contributed by atoms with Gasteiger partial charge in [-0.25, -0.2) is 0 Å². The number of alkyl halides is 3. The van der Waals surface area contributed by atoms with Gasteiger partial charge in [0.1, 0.15) is 0 Å². The van der Waals surface area contributed by atoms with Crippen LogP contribution in [0.1, 0.15) is 20.8 Å². The molecule has 2 aromatic rings. The highest BCUT2D eigenvalue weighted by atomic mass is 32.1. The van der Waals surface area contributed by atoms with Gasteiger partial charge >= 0.3 is 6.18 Å². The molecule has 0 bridgehead atoms. The number of benzene rings is 1. The Bertz CT molecular complexity index is 732. The molecule has 1 heterocycles. The van der Waals surface area contributed by atoms with E-state index in [9.17, 15) is 18.0 Å². The van der Waals surface area contributed by atoms with Crippen LogP contribution in [0.5, 0.6) is 0 Å². The van der Waals surface area contributed by atoms with E-state index in [1.54, 1.807) is 5.38 Å². The van der Waals surface area contributed by atoms with Gasteiger partial charge in [-0.15, -0.1) is 24.0 Å². The van der Waals surface area contributed by atoms with E-state index in [0.29, 0.717) is 9.77 Å². The number of hydrogen-bond donors (Lipinski definition) is 2. The Morgan fingerprint density at radius 3 is 2.57 bits per heavy atom. The second kappa shape index (κ2) is 5.79. The monoisotopic (exact) mass is 328 g/mol. The Balaban J connectivity index is 2.30. The molecule has 1 aromatic heterocycles. The highest BCUT2D eigenvalue weighted by Gasteiger charge is 2.34. The lowest BCUT2D eigenvalue weighted by Gasteiger charge is -2.11. The molecule has 0 saturated heterocycles. The summed E-state index contributed by atoms with van der Waals surface area (Å²) in [5, 5.41) is 12.7. The molecule has 21 heavy (non-hydrogen) atoms. The highest BCUT2D eigenvalue weighted by molar-refractivity contribution is 7.80. The summed E-state index contributed by atoms with van der Waals surface area (Å²) in [6, 6.07) is 6.01. The third-order valence-electron chi connectivity index (χ3n) is 2.51. The standard InChI is InChI=1S/C13H7F3N2OS2/c14-13(15,16)10-3-8(2-1-7(10)5-17)18-12(19)11-4-9(20)6-21-11/h1-4,6,20H,(H,18,19). The number of amides is 1. The summed E-state index contributed by atoms with van der Waals surface area (Å²) in [6.45, 7) is 0. The van der Waals surface area contributed by atoms with Crippen LogP contribution < -0.4 is 5.32 Å². The maximum Gasteiger partial charge on any atom is 0.417 e. The minimum atomic E-state index is -4.66. The summed E-state index contributed by atoms with van der Waals surface area (Å²) in [7, 11) is 0. The first-order valence-corrected chi connectivity index (χ1v) is 6.84. The van der Waals surface area contributed by atoms with Crippen molar-refractivity contribution in [1.29, 1.82) is 5.26 Å². The van der Waals surface area contributed by atoms with E-state index in [4.69, 9.17) is 5.26 Å². The maximum atomic E-state index is 12.8. The van der Waals surface area contributed by atoms with Gasteiger partial charge in [-0.05, 0) is 24.3 Å². The third-order valence-corrected chi connectivity index (χ3v) is 3.87. The van der Waals surface area contributed by atoms with Crippen LogP contribution in [-0.2, 0) is 6.18 Å². The SMILES string of the molecule is N#Cc1ccc(NC(=O)c2cc(S)cs2)cc1C(F)(F)F. The summed E-state index contributed by atoms with van der Waals surface area (Å²) in [6.07, 6.45) is -4.66. The minimum Gasteiger partial charge on any atom is -0.321 e. The molecular formula is C13H7F3N2OS2. The first-order valence-electron chi connectivity index (χ1n) is 5.51. The van der Waals surface area contributed by atoms with Gasteiger partial charge in [0.05, 0.1) is 22.1 Å². The molecule has 8 heteroatoms. The average Bonchev–Trinajstić information content (AvgIpc) is 2.84. The number of carbonyl (C=O) groups is 1. The molecule has 108 valence electrons. The maximum absolute atomic E-state index is 12.8. The topological polar surface area (TPSA) is 52.9 Å². The number of halogens is 3. The second-order valence-electron chi connectivity index (χ2n) is 3.99. The molecule has 1 aromatic carbocycles. The number of rotatable bonds is 2. The molecule has 0 unspecified atom stereocenters. The normalized spacial score (nSPS) is 11.0. The van der Waals surface area contributed by atoms with Crippen molar-refractivity contribution in [1.82, 2.24) is 0 Å². The number of thiol groups is 1. The van der Waals surface area contributed by atoms with Gasteiger partial charge in [-0.2, -0.15) is 18.4 Å². The number of thiophene rings is 1. The predicted octanol–water partition coefficient (Wildman–Crippen LogP) is 4.18. The van der Waals surface area contributed by atoms with E-state index in [1.165, 1.54) is 18.2 Å². The third kappa shape index (κ3) is 3.56. The fourth-order valence-electron chi connectivity index (χ4n) is 1.59. The molecular weight excluding hydrogens is 321 g/mol. The Morgan fingerprint density at radius 2 is 2.05 bits per heavy atom. The number of nitriles is 1. The summed E-state index contributed by atoms with van der Waals surface area (Å²) >= 11 is 5.18. The summed E-state index contributed by atoms with van der Waals surface area (Å²) < 4.78 is 38.4. The number of carbonyl (C=O) groups excluding carboxylic acids is 1. The molecule has 3 nitrogen and oxygen atoms in total. The highest BCUT2D eigenvalue weighted by Crippen LogP contribution is 2.33. The minimum absolute atomic E-state index is 0.0274. The zero-order valence-corrected chi connectivity index (χ0v) is 11.9. The van der Waals surface area contributed by atoms with Gasteiger partial charge in [0.15, 0.2) is 0 Å². The molecule has 1 amide bonds. The zero-order valence-electron chi connectivity index (χ0n) is 10.2. The van der Waals surface area contributed by atoms with Crippen molar-refractivity contribution in [3.05, 3.63) is 45.6 Å². The van der Waals surface area contributed by atoms with Crippen molar-refractivity contribution in [3.63, 3.8) is 0 Å². The Hall–Kier alpha value is -1.98. The van der Waals surface area contributed by atoms with Crippen LogP contribution >= 0.6 is 24.0 Å². The average molecular weight is 328 g/mol. The molecule has 0 saturated carbocycles. The van der Waals surface area contributed by atoms with Crippen molar-refractivity contribution in [2.75, 3.05) is 5.32 Å². The number of nitrogens with zero attached hydrogens (tertiary/aromatic N) is 1. The van der Waals surface area contributed by atoms with Gasteiger partial charge in [-0.3, -0.25) is 4.79 Å². The van der Waals surface area contributed by atoms with E-state index in [0.717, 1.165) is 23.5 Å². The fraction of sp³-hybridized carbons (Fsp3) is 0.0769. The van der Waals surface area contributed by atoms with Crippen molar-refractivity contribution in [2.24, 2.45) is 0 Å². The first-order chi connectivity index (χ1) is 9.81. The molecule has 0 aliphatic carbocycles. The molecule has 1 N–H and O–H groups in total. The van der Waals surface area contributed by atoms with Crippen molar-refractivity contribution >= 4 is 35.6 Å². The largest absolute Gasteiger partial charge is 0.417 e. The van der Waals surface area contributed by atoms with Crippen molar-refractivity contribution in [2.45, 2.75) is 11.1 Å². The lowest BCUT2D eigenvalue weighted by molar-refractivity contribution is -0.137. The lowest BCUT2D eigenvalue weighted by Crippen LogP contribution is -2.13. The van der Waals surface area contributed by atoms with Crippen LogP contribution in [0.3, 0.4) is 0 Å². The summed E-state index contributed by atoms with van der Waals surface area (Å²) in [4.78, 5) is 12.8. The van der Waals surface area contributed by atoms with Crippen LogP contribution in [-0.4, -0.2) is 5.91 Å². The van der Waals surface area contributed by atoms with Gasteiger partial charge in [0.2, 0.25) is 0 Å². The quantitative estimate of drug-likeness (QED) is 0.813. The van der Waals surface area contributed by atoms with Crippen LogP contribution in [0, 0.1) is 11.3 Å². The molecule has 0 spiro atoms. The zero-order chi connectivity index (χ0) is 15.6. The van der Waals surface area contributed by atoms with Crippen LogP contribution in [0.15, 0.2) is 34.5 Å². The molecule has 0 aliphatic rings. The van der Waals surface area contributed by atoms with Crippen LogP contribution in [0.2, 0.25) is 0 Å². The van der Waals surface area contributed by atoms with Crippen LogP contribution in [0.4, 0.5) is 18.9 Å². The van der Waals surface area contributed by atoms with E-state index in [-0.39, 0.29) is 5.69 Å². The second-order valence-corrected chi connectivity index (χ2v) is 5.42. The van der Waals surface area contributed by atoms with Gasteiger partial charge in [0.25, 0.3) is 5.91 Å². The Morgan fingerprint density at radius 1 is 1.33 bits per heavy atom. The molecule has 0 aliphatic heterocycles. The Kier molecular flexibility index (Phi) is 4.25. The van der Waals surface area contributed by atoms with E-state index in [2.05, 4.69) is 17.9 Å². The molecule has 2 rings (SSSR count). The van der Waals surface area contributed by atoms with Crippen molar-refractivity contribution < 1.29 is 18.0 Å².